The van der Waals surface area contributed by atoms with E-state index in [1.165, 1.54) is 12.1 Å². The largest absolute Gasteiger partial charge is 0.333 e. The predicted octanol–water partition coefficient (Wildman–Crippen LogP) is 2.68. The highest BCUT2D eigenvalue weighted by Crippen LogP contribution is 2.14. The van der Waals surface area contributed by atoms with Crippen LogP contribution in [0.3, 0.4) is 0 Å². The summed E-state index contributed by atoms with van der Waals surface area (Å²) in [6.45, 7) is 3.50. The summed E-state index contributed by atoms with van der Waals surface area (Å²) in [5.41, 5.74) is 1.46. The summed E-state index contributed by atoms with van der Waals surface area (Å²) in [5, 5.41) is 4.28. The van der Waals surface area contributed by atoms with Gasteiger partial charge in [-0.15, -0.1) is 0 Å². The summed E-state index contributed by atoms with van der Waals surface area (Å²) in [4.78, 5) is 11.9. The summed E-state index contributed by atoms with van der Waals surface area (Å²) >= 11 is 0. The lowest BCUT2D eigenvalue weighted by atomic mass is 10.1. The molecule has 6 heteroatoms. The van der Waals surface area contributed by atoms with Gasteiger partial charge < -0.3 is 10.6 Å². The van der Waals surface area contributed by atoms with E-state index in [0.29, 0.717) is 16.8 Å². The van der Waals surface area contributed by atoms with Crippen molar-refractivity contribution in [3.05, 3.63) is 65.0 Å². The van der Waals surface area contributed by atoms with Gasteiger partial charge in [-0.3, -0.25) is 4.79 Å². The second-order valence-corrected chi connectivity index (χ2v) is 5.41. The van der Waals surface area contributed by atoms with Crippen molar-refractivity contribution in [1.29, 1.82) is 0 Å². The van der Waals surface area contributed by atoms with Crippen molar-refractivity contribution in [3.8, 4) is 0 Å². The van der Waals surface area contributed by atoms with Crippen molar-refractivity contribution >= 4 is 11.6 Å². The number of carbonyl (C=O) groups excluding carboxylic acids is 1. The summed E-state index contributed by atoms with van der Waals surface area (Å²) in [6.07, 6.45) is 0. The van der Waals surface area contributed by atoms with Gasteiger partial charge in [-0.25, -0.2) is 13.2 Å². The van der Waals surface area contributed by atoms with E-state index in [2.05, 4.69) is 5.32 Å². The molecular weight excluding hydrogens is 305 g/mol. The van der Waals surface area contributed by atoms with Gasteiger partial charge in [0.2, 0.25) is 0 Å². The highest BCUT2D eigenvalue weighted by Gasteiger charge is 2.14. The van der Waals surface area contributed by atoms with Crippen LogP contribution in [-0.2, 0) is 4.79 Å². The minimum Gasteiger partial charge on any atom is -0.333 e. The lowest BCUT2D eigenvalue weighted by Gasteiger charge is -2.12. The number of aryl methyl sites for hydroxylation is 1. The molecule has 0 fully saturated rings. The second-order valence-electron chi connectivity index (χ2n) is 5.41. The maximum absolute atomic E-state index is 13.4. The summed E-state index contributed by atoms with van der Waals surface area (Å²) in [5.74, 6) is -2.51. The Morgan fingerprint density at radius 2 is 1.83 bits per heavy atom. The first-order valence-electron chi connectivity index (χ1n) is 7.21. The van der Waals surface area contributed by atoms with Gasteiger partial charge in [0.1, 0.15) is 11.9 Å². The molecule has 122 valence electrons. The van der Waals surface area contributed by atoms with E-state index in [1.807, 2.05) is 0 Å². The standard InChI is InChI=1S/C17H17F3N2O/c1-10-3-5-13(8-15(10)19)22-17(23)9-21-11(2)12-4-6-14(18)16(20)7-12/h3-8,11,21H,9H2,1-2H3,(H,22,23)/p+1/t11-/m0/s1. The fourth-order valence-electron chi connectivity index (χ4n) is 2.10. The Labute approximate surface area is 132 Å². The molecule has 1 atom stereocenters. The van der Waals surface area contributed by atoms with Crippen LogP contribution >= 0.6 is 0 Å². The lowest BCUT2D eigenvalue weighted by molar-refractivity contribution is -0.682. The molecular formula is C17H18F3N2O+. The van der Waals surface area contributed by atoms with Crippen molar-refractivity contribution < 1.29 is 23.3 Å². The van der Waals surface area contributed by atoms with Crippen molar-refractivity contribution in [2.24, 2.45) is 0 Å². The predicted molar refractivity (Wildman–Crippen MR) is 81.3 cm³/mol. The Hall–Kier alpha value is -2.34. The molecule has 3 nitrogen and oxygen atoms in total. The number of amides is 1. The maximum atomic E-state index is 13.4. The van der Waals surface area contributed by atoms with Crippen LogP contribution in [0.2, 0.25) is 0 Å². The number of halogens is 3. The van der Waals surface area contributed by atoms with Crippen LogP contribution in [0.15, 0.2) is 36.4 Å². The van der Waals surface area contributed by atoms with Gasteiger partial charge in [-0.2, -0.15) is 0 Å². The molecule has 0 aliphatic rings. The topological polar surface area (TPSA) is 45.7 Å². The molecule has 0 unspecified atom stereocenters. The molecule has 3 N–H and O–H groups in total. The summed E-state index contributed by atoms with van der Waals surface area (Å²) in [6, 6.07) is 7.89. The van der Waals surface area contributed by atoms with E-state index in [4.69, 9.17) is 0 Å². The Morgan fingerprint density at radius 1 is 1.09 bits per heavy atom. The fraction of sp³-hybridized carbons (Fsp3) is 0.235. The van der Waals surface area contributed by atoms with E-state index < -0.39 is 11.6 Å². The van der Waals surface area contributed by atoms with Gasteiger partial charge in [0.25, 0.3) is 5.91 Å². The molecule has 0 radical (unpaired) electrons. The first-order chi connectivity index (χ1) is 10.9. The molecule has 23 heavy (non-hydrogen) atoms. The third-order valence-electron chi connectivity index (χ3n) is 3.58. The monoisotopic (exact) mass is 323 g/mol. The average molecular weight is 323 g/mol. The molecule has 0 aliphatic heterocycles. The zero-order valence-corrected chi connectivity index (χ0v) is 12.9. The van der Waals surface area contributed by atoms with Crippen molar-refractivity contribution in [3.63, 3.8) is 0 Å². The highest BCUT2D eigenvalue weighted by atomic mass is 19.2. The number of hydrogen-bond donors (Lipinski definition) is 2. The van der Waals surface area contributed by atoms with Crippen molar-refractivity contribution in [2.45, 2.75) is 19.9 Å². The number of hydrogen-bond acceptors (Lipinski definition) is 1. The van der Waals surface area contributed by atoms with Crippen molar-refractivity contribution in [1.82, 2.24) is 0 Å². The smallest absolute Gasteiger partial charge is 0.279 e. The molecule has 0 aliphatic carbocycles. The number of rotatable bonds is 5. The van der Waals surface area contributed by atoms with Gasteiger partial charge in [0.05, 0.1) is 0 Å². The van der Waals surface area contributed by atoms with Gasteiger partial charge in [0, 0.05) is 11.3 Å². The van der Waals surface area contributed by atoms with Crippen LogP contribution in [0.1, 0.15) is 24.1 Å². The second kappa shape index (κ2) is 7.28. The molecule has 2 aromatic rings. The third kappa shape index (κ3) is 4.56. The molecule has 0 aromatic heterocycles. The number of benzene rings is 2. The number of carbonyl (C=O) groups is 1. The van der Waals surface area contributed by atoms with Crippen LogP contribution in [-0.4, -0.2) is 12.5 Å². The molecule has 0 saturated heterocycles. The van der Waals surface area contributed by atoms with E-state index in [-0.39, 0.29) is 24.3 Å². The minimum atomic E-state index is -0.915. The Bertz CT molecular complexity index is 719. The minimum absolute atomic E-state index is 0.0790. The van der Waals surface area contributed by atoms with Crippen LogP contribution in [0.25, 0.3) is 0 Å². The van der Waals surface area contributed by atoms with Crippen molar-refractivity contribution in [2.75, 3.05) is 11.9 Å². The van der Waals surface area contributed by atoms with E-state index in [9.17, 15) is 18.0 Å². The fourth-order valence-corrected chi connectivity index (χ4v) is 2.10. The normalized spacial score (nSPS) is 12.0. The van der Waals surface area contributed by atoms with E-state index in [1.54, 1.807) is 31.3 Å². The maximum Gasteiger partial charge on any atom is 0.279 e. The zero-order chi connectivity index (χ0) is 17.0. The highest BCUT2D eigenvalue weighted by molar-refractivity contribution is 5.91. The van der Waals surface area contributed by atoms with Gasteiger partial charge >= 0.3 is 0 Å². The van der Waals surface area contributed by atoms with Crippen LogP contribution < -0.4 is 10.6 Å². The first-order valence-corrected chi connectivity index (χ1v) is 7.21. The molecule has 0 spiro atoms. The molecule has 0 heterocycles. The van der Waals surface area contributed by atoms with E-state index in [0.717, 1.165) is 12.1 Å². The average Bonchev–Trinajstić information content (AvgIpc) is 2.51. The number of nitrogens with two attached hydrogens (primary N) is 1. The number of anilines is 1. The third-order valence-corrected chi connectivity index (χ3v) is 3.58. The quantitative estimate of drug-likeness (QED) is 0.873. The van der Waals surface area contributed by atoms with E-state index >= 15 is 0 Å². The first kappa shape index (κ1) is 17.0. The SMILES string of the molecule is Cc1ccc(NC(=O)C[NH2+][C@@H](C)c2ccc(F)c(F)c2)cc1F. The van der Waals surface area contributed by atoms with Crippen LogP contribution in [0.4, 0.5) is 18.9 Å². The molecule has 1 amide bonds. The Morgan fingerprint density at radius 3 is 2.48 bits per heavy atom. The van der Waals surface area contributed by atoms with Gasteiger partial charge in [-0.05, 0) is 49.7 Å². The summed E-state index contributed by atoms with van der Waals surface area (Å²) in [7, 11) is 0. The van der Waals surface area contributed by atoms with Crippen LogP contribution in [0.5, 0.6) is 0 Å². The molecule has 0 saturated carbocycles. The van der Waals surface area contributed by atoms with Gasteiger partial charge in [0.15, 0.2) is 18.2 Å². The lowest BCUT2D eigenvalue weighted by Crippen LogP contribution is -2.86. The van der Waals surface area contributed by atoms with Crippen LogP contribution in [0, 0.1) is 24.4 Å². The Balaban J connectivity index is 1.90. The molecule has 2 rings (SSSR count). The number of quaternary nitrogens is 1. The zero-order valence-electron chi connectivity index (χ0n) is 12.9. The Kier molecular flexibility index (Phi) is 5.39. The summed E-state index contributed by atoms with van der Waals surface area (Å²) < 4.78 is 39.5. The molecule has 0 bridgehead atoms. The molecule has 2 aromatic carbocycles. The number of nitrogens with one attached hydrogen (secondary N) is 1. The van der Waals surface area contributed by atoms with Gasteiger partial charge in [-0.1, -0.05) is 6.07 Å².